The van der Waals surface area contributed by atoms with E-state index in [-0.39, 0.29) is 0 Å². The highest BCUT2D eigenvalue weighted by Gasteiger charge is 2.14. The molecule has 4 rings (SSSR count). The number of pyridine rings is 2. The van der Waals surface area contributed by atoms with Gasteiger partial charge in [0.25, 0.3) is 0 Å². The molecule has 2 nitrogen and oxygen atoms in total. The van der Waals surface area contributed by atoms with Gasteiger partial charge >= 0.3 is 0 Å². The van der Waals surface area contributed by atoms with Crippen molar-refractivity contribution in [3.63, 3.8) is 0 Å². The first-order valence-corrected chi connectivity index (χ1v) is 9.34. The van der Waals surface area contributed by atoms with Gasteiger partial charge in [0.15, 0.2) is 0 Å². The van der Waals surface area contributed by atoms with Crippen LogP contribution in [0.4, 0.5) is 0 Å². The van der Waals surface area contributed by atoms with Crippen LogP contribution in [0.2, 0.25) is 0 Å². The molecule has 1 atom stereocenters. The topological polar surface area (TPSA) is 25.8 Å². The number of aromatic nitrogens is 2. The number of nitrogens with zero attached hydrogens (tertiary/aromatic N) is 2. The number of hydrogen-bond donors (Lipinski definition) is 0. The van der Waals surface area contributed by atoms with Crippen molar-refractivity contribution in [3.05, 3.63) is 83.9 Å². The monoisotopic (exact) mass is 340 g/mol. The van der Waals surface area contributed by atoms with Gasteiger partial charge in [-0.05, 0) is 40.7 Å². The quantitative estimate of drug-likeness (QED) is 0.438. The number of benzene rings is 2. The molecule has 0 bridgehead atoms. The van der Waals surface area contributed by atoms with Crippen LogP contribution in [0.15, 0.2) is 67.0 Å². The van der Waals surface area contributed by atoms with Crippen LogP contribution in [0, 0.1) is 0 Å². The summed E-state index contributed by atoms with van der Waals surface area (Å²) < 4.78 is 0. The fourth-order valence-corrected chi connectivity index (χ4v) is 3.78. The van der Waals surface area contributed by atoms with Gasteiger partial charge in [0.05, 0.1) is 5.69 Å². The van der Waals surface area contributed by atoms with Crippen LogP contribution in [-0.4, -0.2) is 9.97 Å². The fourth-order valence-electron chi connectivity index (χ4n) is 3.78. The van der Waals surface area contributed by atoms with Gasteiger partial charge in [-0.2, -0.15) is 0 Å². The summed E-state index contributed by atoms with van der Waals surface area (Å²) in [6.07, 6.45) is 4.87. The lowest BCUT2D eigenvalue weighted by Gasteiger charge is -2.16. The molecule has 0 spiro atoms. The summed E-state index contributed by atoms with van der Waals surface area (Å²) in [5.41, 5.74) is 3.65. The molecule has 2 heteroatoms. The van der Waals surface area contributed by atoms with Crippen LogP contribution in [0.3, 0.4) is 0 Å². The SMILES string of the molecule is CC(C)c1nc(CC(C)c2cncc3ccccc23)cc2ccccc12. The van der Waals surface area contributed by atoms with Crippen LogP contribution < -0.4 is 0 Å². The molecule has 0 N–H and O–H groups in total. The van der Waals surface area contributed by atoms with E-state index in [1.165, 1.54) is 32.8 Å². The molecule has 2 heterocycles. The van der Waals surface area contributed by atoms with E-state index in [0.29, 0.717) is 11.8 Å². The van der Waals surface area contributed by atoms with E-state index in [2.05, 4.69) is 80.4 Å². The lowest BCUT2D eigenvalue weighted by atomic mass is 9.92. The number of fused-ring (bicyclic) bond motifs is 2. The van der Waals surface area contributed by atoms with Gasteiger partial charge in [0.1, 0.15) is 0 Å². The first kappa shape index (κ1) is 16.7. The first-order valence-electron chi connectivity index (χ1n) is 9.34. The third-order valence-corrected chi connectivity index (χ3v) is 5.12. The Morgan fingerprint density at radius 3 is 2.27 bits per heavy atom. The number of hydrogen-bond acceptors (Lipinski definition) is 2. The van der Waals surface area contributed by atoms with Crippen molar-refractivity contribution in [1.29, 1.82) is 0 Å². The van der Waals surface area contributed by atoms with Gasteiger partial charge in [0.2, 0.25) is 0 Å². The van der Waals surface area contributed by atoms with Gasteiger partial charge in [0, 0.05) is 28.9 Å². The Balaban J connectivity index is 1.74. The average Bonchev–Trinajstić information content (AvgIpc) is 2.66. The molecule has 0 amide bonds. The van der Waals surface area contributed by atoms with Gasteiger partial charge in [-0.1, -0.05) is 69.3 Å². The summed E-state index contributed by atoms with van der Waals surface area (Å²) in [7, 11) is 0. The van der Waals surface area contributed by atoms with E-state index in [0.717, 1.165) is 12.1 Å². The molecule has 2 aromatic carbocycles. The van der Waals surface area contributed by atoms with Crippen LogP contribution >= 0.6 is 0 Å². The zero-order chi connectivity index (χ0) is 18.1. The molecule has 0 saturated heterocycles. The van der Waals surface area contributed by atoms with Gasteiger partial charge in [-0.3, -0.25) is 9.97 Å². The van der Waals surface area contributed by atoms with Crippen LogP contribution in [0.25, 0.3) is 21.5 Å². The van der Waals surface area contributed by atoms with E-state index in [9.17, 15) is 0 Å². The Kier molecular flexibility index (Phi) is 4.42. The minimum Gasteiger partial charge on any atom is -0.264 e. The molecule has 0 radical (unpaired) electrons. The second kappa shape index (κ2) is 6.87. The zero-order valence-electron chi connectivity index (χ0n) is 15.6. The summed E-state index contributed by atoms with van der Waals surface area (Å²) in [4.78, 5) is 9.48. The molecular formula is C24H24N2. The highest BCUT2D eigenvalue weighted by atomic mass is 14.7. The Hall–Kier alpha value is -2.74. The highest BCUT2D eigenvalue weighted by Crippen LogP contribution is 2.29. The molecule has 0 saturated carbocycles. The summed E-state index contributed by atoms with van der Waals surface area (Å²) in [5, 5.41) is 5.04. The summed E-state index contributed by atoms with van der Waals surface area (Å²) in [6, 6.07) is 19.3. The predicted molar refractivity (Wildman–Crippen MR) is 110 cm³/mol. The molecular weight excluding hydrogens is 316 g/mol. The second-order valence-electron chi connectivity index (χ2n) is 7.43. The number of rotatable bonds is 4. The van der Waals surface area contributed by atoms with Crippen LogP contribution in [-0.2, 0) is 6.42 Å². The first-order chi connectivity index (χ1) is 12.6. The van der Waals surface area contributed by atoms with Crippen molar-refractivity contribution in [2.75, 3.05) is 0 Å². The molecule has 1 unspecified atom stereocenters. The van der Waals surface area contributed by atoms with E-state index in [1.54, 1.807) is 0 Å². The third-order valence-electron chi connectivity index (χ3n) is 5.12. The second-order valence-corrected chi connectivity index (χ2v) is 7.43. The Labute approximate surface area is 154 Å². The maximum atomic E-state index is 5.03. The van der Waals surface area contributed by atoms with Crippen LogP contribution in [0.1, 0.15) is 49.6 Å². The lowest BCUT2D eigenvalue weighted by molar-refractivity contribution is 0.730. The molecule has 4 aromatic rings. The van der Waals surface area contributed by atoms with Gasteiger partial charge < -0.3 is 0 Å². The Bertz CT molecular complexity index is 1060. The third kappa shape index (κ3) is 3.08. The van der Waals surface area contributed by atoms with E-state index in [4.69, 9.17) is 4.98 Å². The molecule has 130 valence electrons. The van der Waals surface area contributed by atoms with Crippen molar-refractivity contribution in [3.8, 4) is 0 Å². The molecule has 0 fully saturated rings. The summed E-state index contributed by atoms with van der Waals surface area (Å²) in [6.45, 7) is 6.71. The van der Waals surface area contributed by atoms with Crippen molar-refractivity contribution < 1.29 is 0 Å². The summed E-state index contributed by atoms with van der Waals surface area (Å²) in [5.74, 6) is 0.775. The maximum Gasteiger partial charge on any atom is 0.0510 e. The minimum absolute atomic E-state index is 0.363. The lowest BCUT2D eigenvalue weighted by Crippen LogP contribution is -2.05. The molecule has 0 aliphatic heterocycles. The smallest absolute Gasteiger partial charge is 0.0510 e. The van der Waals surface area contributed by atoms with Crippen molar-refractivity contribution in [1.82, 2.24) is 9.97 Å². The van der Waals surface area contributed by atoms with Crippen molar-refractivity contribution in [2.45, 2.75) is 39.0 Å². The van der Waals surface area contributed by atoms with Gasteiger partial charge in [-0.25, -0.2) is 0 Å². The van der Waals surface area contributed by atoms with E-state index >= 15 is 0 Å². The predicted octanol–water partition coefficient (Wildman–Crippen LogP) is 6.25. The molecule has 26 heavy (non-hydrogen) atoms. The van der Waals surface area contributed by atoms with Crippen molar-refractivity contribution in [2.24, 2.45) is 0 Å². The average molecular weight is 340 g/mol. The Morgan fingerprint density at radius 1 is 0.808 bits per heavy atom. The fraction of sp³-hybridized carbons (Fsp3) is 0.250. The largest absolute Gasteiger partial charge is 0.264 e. The zero-order valence-corrected chi connectivity index (χ0v) is 15.6. The highest BCUT2D eigenvalue weighted by molar-refractivity contribution is 5.86. The van der Waals surface area contributed by atoms with E-state index in [1.807, 2.05) is 12.4 Å². The van der Waals surface area contributed by atoms with Crippen LogP contribution in [0.5, 0.6) is 0 Å². The molecule has 2 aromatic heterocycles. The normalized spacial score (nSPS) is 12.8. The van der Waals surface area contributed by atoms with Crippen molar-refractivity contribution >= 4 is 21.5 Å². The minimum atomic E-state index is 0.363. The summed E-state index contributed by atoms with van der Waals surface area (Å²) >= 11 is 0. The maximum absolute atomic E-state index is 5.03. The molecule has 0 aliphatic rings. The Morgan fingerprint density at radius 2 is 1.50 bits per heavy atom. The standard InChI is InChI=1S/C24H24N2/c1-16(2)24-22-11-7-4-8-18(22)13-20(26-24)12-17(3)23-15-25-14-19-9-5-6-10-21(19)23/h4-11,13-17H,12H2,1-3H3. The van der Waals surface area contributed by atoms with E-state index < -0.39 is 0 Å². The van der Waals surface area contributed by atoms with Gasteiger partial charge in [-0.15, -0.1) is 0 Å². The molecule has 0 aliphatic carbocycles.